The van der Waals surface area contributed by atoms with Gasteiger partial charge in [0.15, 0.2) is 0 Å². The topological polar surface area (TPSA) is 69.4 Å². The number of carbonyl (C=O) groups excluding carboxylic acids is 1. The quantitative estimate of drug-likeness (QED) is 0.266. The van der Waals surface area contributed by atoms with Crippen molar-refractivity contribution in [2.75, 3.05) is 7.11 Å². The van der Waals surface area contributed by atoms with Crippen LogP contribution in [0, 0.1) is 22.0 Å². The van der Waals surface area contributed by atoms with Crippen molar-refractivity contribution < 1.29 is 14.5 Å². The molecule has 0 amide bonds. The summed E-state index contributed by atoms with van der Waals surface area (Å²) in [6.07, 6.45) is 3.11. The standard InChI is InChI=1S/C26H21NO4/c1-31-26(28)25-17-20-3-2-19-5-9-21(12-13-22(25)10-6-20)23(16-19)11-4-18-7-14-24(15-8-18)27(29)30/h5-10,14-17H,2-3,12-13H2,1H3. The summed E-state index contributed by atoms with van der Waals surface area (Å²) in [5.74, 6) is 6.07. The molecule has 0 saturated heterocycles. The molecular formula is C26H21NO4. The molecule has 4 bridgehead atoms. The minimum absolute atomic E-state index is 0.0507. The normalized spacial score (nSPS) is 12.3. The van der Waals surface area contributed by atoms with Crippen LogP contribution in [0.4, 0.5) is 5.69 Å². The van der Waals surface area contributed by atoms with E-state index in [2.05, 4.69) is 36.1 Å². The smallest absolute Gasteiger partial charge is 0.338 e. The van der Waals surface area contributed by atoms with Crippen molar-refractivity contribution in [2.45, 2.75) is 25.7 Å². The Morgan fingerprint density at radius 2 is 1.52 bits per heavy atom. The van der Waals surface area contributed by atoms with Crippen LogP contribution < -0.4 is 0 Å². The lowest BCUT2D eigenvalue weighted by Crippen LogP contribution is -2.09. The first-order chi connectivity index (χ1) is 15.0. The fourth-order valence-corrected chi connectivity index (χ4v) is 3.77. The van der Waals surface area contributed by atoms with Crippen molar-refractivity contribution in [1.29, 1.82) is 0 Å². The molecule has 0 radical (unpaired) electrons. The minimum Gasteiger partial charge on any atom is -0.465 e. The van der Waals surface area contributed by atoms with Gasteiger partial charge in [0.1, 0.15) is 0 Å². The van der Waals surface area contributed by atoms with Gasteiger partial charge in [-0.15, -0.1) is 0 Å². The predicted molar refractivity (Wildman–Crippen MR) is 118 cm³/mol. The lowest BCUT2D eigenvalue weighted by Gasteiger charge is -2.14. The molecule has 5 heteroatoms. The second-order valence-corrected chi connectivity index (χ2v) is 7.53. The van der Waals surface area contributed by atoms with Crippen LogP contribution in [0.5, 0.6) is 0 Å². The third kappa shape index (κ3) is 4.65. The maximum atomic E-state index is 12.3. The summed E-state index contributed by atoms with van der Waals surface area (Å²) < 4.78 is 4.98. The van der Waals surface area contributed by atoms with Gasteiger partial charge in [0.2, 0.25) is 0 Å². The van der Waals surface area contributed by atoms with E-state index in [0.717, 1.165) is 47.1 Å². The van der Waals surface area contributed by atoms with Gasteiger partial charge in [-0.25, -0.2) is 4.79 Å². The highest BCUT2D eigenvalue weighted by atomic mass is 16.6. The molecule has 3 aromatic carbocycles. The van der Waals surface area contributed by atoms with Crippen molar-refractivity contribution in [3.05, 3.63) is 110 Å². The Hall–Kier alpha value is -3.91. The van der Waals surface area contributed by atoms with Crippen LogP contribution in [0.3, 0.4) is 0 Å². The molecular weight excluding hydrogens is 390 g/mol. The third-order valence-electron chi connectivity index (χ3n) is 5.54. The van der Waals surface area contributed by atoms with Crippen molar-refractivity contribution >= 4 is 11.7 Å². The SMILES string of the molecule is COC(=O)c1cc2ccc1CCc1ccc(cc1C#Cc1ccc([N+](=O)[O-])cc1)CC2. The number of hydrogen-bond donors (Lipinski definition) is 0. The Bertz CT molecular complexity index is 1220. The van der Waals surface area contributed by atoms with Gasteiger partial charge in [0.05, 0.1) is 17.6 Å². The number of esters is 1. The number of nitro groups is 1. The van der Waals surface area contributed by atoms with Gasteiger partial charge in [-0.1, -0.05) is 36.1 Å². The molecule has 7 rings (SSSR count). The molecule has 0 aromatic heterocycles. The molecule has 4 aliphatic rings. The summed E-state index contributed by atoms with van der Waals surface area (Å²) >= 11 is 0. The van der Waals surface area contributed by atoms with E-state index >= 15 is 0 Å². The van der Waals surface area contributed by atoms with Gasteiger partial charge >= 0.3 is 5.97 Å². The van der Waals surface area contributed by atoms with E-state index < -0.39 is 4.92 Å². The fraction of sp³-hybridized carbons (Fsp3) is 0.192. The molecule has 3 aromatic rings. The number of hydrogen-bond acceptors (Lipinski definition) is 4. The maximum absolute atomic E-state index is 12.3. The minimum atomic E-state index is -0.419. The van der Waals surface area contributed by atoms with Gasteiger partial charge < -0.3 is 4.74 Å². The number of aryl methyl sites for hydroxylation is 4. The first kappa shape index (κ1) is 20.4. The van der Waals surface area contributed by atoms with Crippen LogP contribution in [-0.4, -0.2) is 18.0 Å². The van der Waals surface area contributed by atoms with E-state index in [-0.39, 0.29) is 11.7 Å². The summed E-state index contributed by atoms with van der Waals surface area (Å²) in [5, 5.41) is 10.8. The van der Waals surface area contributed by atoms with E-state index in [0.29, 0.717) is 12.0 Å². The average molecular weight is 411 g/mol. The van der Waals surface area contributed by atoms with Gasteiger partial charge in [0.25, 0.3) is 5.69 Å². The fourth-order valence-electron chi connectivity index (χ4n) is 3.77. The highest BCUT2D eigenvalue weighted by Crippen LogP contribution is 2.22. The molecule has 4 aliphatic carbocycles. The number of nitro benzene ring substituents is 1. The molecule has 0 aliphatic heterocycles. The largest absolute Gasteiger partial charge is 0.465 e. The zero-order valence-corrected chi connectivity index (χ0v) is 17.2. The Labute approximate surface area is 180 Å². The first-order valence-corrected chi connectivity index (χ1v) is 10.1. The zero-order chi connectivity index (χ0) is 21.8. The van der Waals surface area contributed by atoms with E-state index in [9.17, 15) is 14.9 Å². The summed E-state index contributed by atoms with van der Waals surface area (Å²) in [7, 11) is 1.41. The number of benzene rings is 3. The number of methoxy groups -OCH3 is 1. The summed E-state index contributed by atoms with van der Waals surface area (Å²) in [6.45, 7) is 0. The van der Waals surface area contributed by atoms with Gasteiger partial charge in [0, 0.05) is 23.3 Å². The van der Waals surface area contributed by atoms with Crippen LogP contribution in [-0.2, 0) is 30.4 Å². The molecule has 0 saturated carbocycles. The Morgan fingerprint density at radius 3 is 2.19 bits per heavy atom. The van der Waals surface area contributed by atoms with Crippen LogP contribution in [0.2, 0.25) is 0 Å². The van der Waals surface area contributed by atoms with Gasteiger partial charge in [-0.05, 0) is 72.2 Å². The molecule has 0 heterocycles. The van der Waals surface area contributed by atoms with Crippen molar-refractivity contribution in [2.24, 2.45) is 0 Å². The molecule has 0 spiro atoms. The second kappa shape index (κ2) is 8.85. The molecule has 0 unspecified atom stereocenters. The van der Waals surface area contributed by atoms with Gasteiger partial charge in [-0.2, -0.15) is 0 Å². The molecule has 154 valence electrons. The molecule has 31 heavy (non-hydrogen) atoms. The summed E-state index contributed by atoms with van der Waals surface area (Å²) in [4.78, 5) is 22.7. The van der Waals surface area contributed by atoms with E-state index in [1.807, 2.05) is 12.1 Å². The highest BCUT2D eigenvalue weighted by Gasteiger charge is 2.15. The van der Waals surface area contributed by atoms with E-state index in [1.165, 1.54) is 24.8 Å². The van der Waals surface area contributed by atoms with E-state index in [4.69, 9.17) is 4.74 Å². The highest BCUT2D eigenvalue weighted by molar-refractivity contribution is 5.91. The molecule has 0 fully saturated rings. The number of ether oxygens (including phenoxy) is 1. The average Bonchev–Trinajstić information content (AvgIpc) is 2.79. The van der Waals surface area contributed by atoms with Crippen LogP contribution in [0.15, 0.2) is 60.7 Å². The van der Waals surface area contributed by atoms with E-state index in [1.54, 1.807) is 12.1 Å². The lowest BCUT2D eigenvalue weighted by atomic mass is 9.91. The monoisotopic (exact) mass is 411 g/mol. The molecule has 0 N–H and O–H groups in total. The number of nitrogens with zero attached hydrogens (tertiary/aromatic N) is 1. The zero-order valence-electron chi connectivity index (χ0n) is 17.2. The maximum Gasteiger partial charge on any atom is 0.338 e. The predicted octanol–water partition coefficient (Wildman–Crippen LogP) is 4.67. The Morgan fingerprint density at radius 1 is 0.871 bits per heavy atom. The molecule has 5 nitrogen and oxygen atoms in total. The number of rotatable bonds is 2. The van der Waals surface area contributed by atoms with Gasteiger partial charge in [-0.3, -0.25) is 10.1 Å². The van der Waals surface area contributed by atoms with Crippen LogP contribution in [0.1, 0.15) is 43.7 Å². The third-order valence-corrected chi connectivity index (χ3v) is 5.54. The first-order valence-electron chi connectivity index (χ1n) is 10.1. The van der Waals surface area contributed by atoms with Crippen molar-refractivity contribution in [3.63, 3.8) is 0 Å². The number of non-ortho nitro benzene ring substituents is 1. The Balaban J connectivity index is 1.67. The van der Waals surface area contributed by atoms with Crippen molar-refractivity contribution in [1.82, 2.24) is 0 Å². The summed E-state index contributed by atoms with van der Waals surface area (Å²) in [5.41, 5.74) is 6.72. The molecule has 0 atom stereocenters. The van der Waals surface area contributed by atoms with Crippen LogP contribution in [0.25, 0.3) is 0 Å². The lowest BCUT2D eigenvalue weighted by molar-refractivity contribution is -0.384. The Kier molecular flexibility index (Phi) is 5.81. The van der Waals surface area contributed by atoms with Crippen molar-refractivity contribution in [3.8, 4) is 11.8 Å². The summed E-state index contributed by atoms with van der Waals surface area (Å²) in [6, 6.07) is 18.7. The number of carbonyl (C=O) groups is 1. The van der Waals surface area contributed by atoms with Crippen LogP contribution >= 0.6 is 0 Å². The second-order valence-electron chi connectivity index (χ2n) is 7.53.